The number of aryl methyl sites for hydroxylation is 1. The Morgan fingerprint density at radius 1 is 0.844 bits per heavy atom. The maximum atomic E-state index is 6.99. The molecule has 4 aliphatic rings. The lowest BCUT2D eigenvalue weighted by Crippen LogP contribution is -2.47. The normalized spacial score (nSPS) is 37.3. The van der Waals surface area contributed by atoms with Crippen molar-refractivity contribution >= 4 is 0 Å². The SMILES string of the molecule is CCCC(CCC)C1COC2CCc3ccccc3C2C2C(CCC3CCCCC32)OC1. The van der Waals surface area contributed by atoms with Gasteiger partial charge in [0.25, 0.3) is 0 Å². The third kappa shape index (κ3) is 4.56. The zero-order chi connectivity index (χ0) is 21.9. The zero-order valence-corrected chi connectivity index (χ0v) is 20.6. The van der Waals surface area contributed by atoms with Crippen molar-refractivity contribution in [3.05, 3.63) is 35.4 Å². The third-order valence-electron chi connectivity index (χ3n) is 9.68. The molecule has 32 heavy (non-hydrogen) atoms. The average molecular weight is 439 g/mol. The molecular formula is C30H46O2. The van der Waals surface area contributed by atoms with Crippen LogP contribution in [0.5, 0.6) is 0 Å². The predicted octanol–water partition coefficient (Wildman–Crippen LogP) is 7.55. The minimum atomic E-state index is 0.381. The monoisotopic (exact) mass is 438 g/mol. The smallest absolute Gasteiger partial charge is 0.0650 e. The first kappa shape index (κ1) is 22.9. The van der Waals surface area contributed by atoms with Crippen LogP contribution >= 0.6 is 0 Å². The first-order chi connectivity index (χ1) is 15.8. The molecule has 1 aliphatic heterocycles. The summed E-state index contributed by atoms with van der Waals surface area (Å²) in [5, 5.41) is 0. The Morgan fingerprint density at radius 2 is 1.59 bits per heavy atom. The van der Waals surface area contributed by atoms with E-state index >= 15 is 0 Å². The topological polar surface area (TPSA) is 18.5 Å². The van der Waals surface area contributed by atoms with Gasteiger partial charge < -0.3 is 9.47 Å². The minimum Gasteiger partial charge on any atom is -0.378 e. The van der Waals surface area contributed by atoms with Crippen molar-refractivity contribution in [3.63, 3.8) is 0 Å². The Morgan fingerprint density at radius 3 is 2.41 bits per heavy atom. The van der Waals surface area contributed by atoms with Crippen LogP contribution in [0.3, 0.4) is 0 Å². The van der Waals surface area contributed by atoms with Crippen LogP contribution in [0.4, 0.5) is 0 Å². The van der Waals surface area contributed by atoms with E-state index in [0.29, 0.717) is 30.0 Å². The van der Waals surface area contributed by atoms with Gasteiger partial charge in [0.15, 0.2) is 0 Å². The van der Waals surface area contributed by atoms with E-state index in [2.05, 4.69) is 38.1 Å². The number of benzene rings is 1. The van der Waals surface area contributed by atoms with Gasteiger partial charge in [-0.25, -0.2) is 0 Å². The summed E-state index contributed by atoms with van der Waals surface area (Å²) in [5.41, 5.74) is 3.19. The summed E-state index contributed by atoms with van der Waals surface area (Å²) < 4.78 is 13.9. The van der Waals surface area contributed by atoms with Crippen molar-refractivity contribution in [1.29, 1.82) is 0 Å². The molecule has 0 bridgehead atoms. The maximum Gasteiger partial charge on any atom is 0.0650 e. The van der Waals surface area contributed by atoms with Gasteiger partial charge in [0.05, 0.1) is 25.4 Å². The van der Waals surface area contributed by atoms with Gasteiger partial charge in [0, 0.05) is 11.8 Å². The molecule has 0 radical (unpaired) electrons. The van der Waals surface area contributed by atoms with Crippen LogP contribution in [0.1, 0.15) is 102 Å². The molecule has 1 heterocycles. The van der Waals surface area contributed by atoms with Gasteiger partial charge in [-0.15, -0.1) is 0 Å². The molecule has 1 aromatic carbocycles. The molecule has 7 unspecified atom stereocenters. The van der Waals surface area contributed by atoms with E-state index < -0.39 is 0 Å². The average Bonchev–Trinajstić information content (AvgIpc) is 2.91. The number of fused-ring (bicyclic) bond motifs is 7. The van der Waals surface area contributed by atoms with E-state index in [9.17, 15) is 0 Å². The summed E-state index contributed by atoms with van der Waals surface area (Å²) in [5.74, 6) is 4.26. The van der Waals surface area contributed by atoms with Crippen molar-refractivity contribution < 1.29 is 9.47 Å². The van der Waals surface area contributed by atoms with Gasteiger partial charge in [0.1, 0.15) is 0 Å². The van der Waals surface area contributed by atoms with Gasteiger partial charge in [-0.3, -0.25) is 0 Å². The molecule has 5 rings (SSSR count). The van der Waals surface area contributed by atoms with E-state index in [-0.39, 0.29) is 0 Å². The third-order valence-corrected chi connectivity index (χ3v) is 9.68. The van der Waals surface area contributed by atoms with Gasteiger partial charge in [-0.1, -0.05) is 83.1 Å². The summed E-state index contributed by atoms with van der Waals surface area (Å²) in [6, 6.07) is 9.33. The van der Waals surface area contributed by atoms with Gasteiger partial charge >= 0.3 is 0 Å². The van der Waals surface area contributed by atoms with E-state index in [1.165, 1.54) is 77.0 Å². The molecule has 3 fully saturated rings. The number of ether oxygens (including phenoxy) is 2. The molecule has 0 N–H and O–H groups in total. The van der Waals surface area contributed by atoms with E-state index in [4.69, 9.17) is 9.47 Å². The maximum absolute atomic E-state index is 6.99. The largest absolute Gasteiger partial charge is 0.378 e. The van der Waals surface area contributed by atoms with E-state index in [1.54, 1.807) is 11.1 Å². The highest BCUT2D eigenvalue weighted by Crippen LogP contribution is 2.53. The van der Waals surface area contributed by atoms with Crippen LogP contribution in [0, 0.1) is 29.6 Å². The number of hydrogen-bond donors (Lipinski definition) is 0. The second-order valence-electron chi connectivity index (χ2n) is 11.5. The van der Waals surface area contributed by atoms with Crippen LogP contribution in [0.2, 0.25) is 0 Å². The van der Waals surface area contributed by atoms with Crippen molar-refractivity contribution in [2.45, 2.75) is 109 Å². The van der Waals surface area contributed by atoms with Crippen LogP contribution in [-0.2, 0) is 15.9 Å². The van der Waals surface area contributed by atoms with Gasteiger partial charge in [-0.05, 0) is 66.9 Å². The second kappa shape index (κ2) is 10.6. The molecule has 1 saturated heterocycles. The summed E-state index contributed by atoms with van der Waals surface area (Å²) in [7, 11) is 0. The molecule has 1 aromatic rings. The molecule has 0 amide bonds. The Hall–Kier alpha value is -0.860. The molecule has 2 saturated carbocycles. The number of rotatable bonds is 5. The predicted molar refractivity (Wildman–Crippen MR) is 132 cm³/mol. The molecule has 0 spiro atoms. The second-order valence-corrected chi connectivity index (χ2v) is 11.5. The highest BCUT2D eigenvalue weighted by atomic mass is 16.5. The fraction of sp³-hybridized carbons (Fsp3) is 0.800. The molecular weight excluding hydrogens is 392 g/mol. The van der Waals surface area contributed by atoms with Crippen LogP contribution < -0.4 is 0 Å². The fourth-order valence-electron chi connectivity index (χ4n) is 8.22. The quantitative estimate of drug-likeness (QED) is 0.472. The molecule has 2 nitrogen and oxygen atoms in total. The molecule has 3 aliphatic carbocycles. The lowest BCUT2D eigenvalue weighted by atomic mass is 9.57. The van der Waals surface area contributed by atoms with Crippen molar-refractivity contribution in [3.8, 4) is 0 Å². The Bertz CT molecular complexity index is 723. The number of hydrogen-bond acceptors (Lipinski definition) is 2. The van der Waals surface area contributed by atoms with E-state index in [1.807, 2.05) is 0 Å². The molecule has 7 atom stereocenters. The van der Waals surface area contributed by atoms with Crippen molar-refractivity contribution in [1.82, 2.24) is 0 Å². The molecule has 178 valence electrons. The Labute approximate surface area is 196 Å². The lowest BCUT2D eigenvalue weighted by molar-refractivity contribution is -0.0862. The van der Waals surface area contributed by atoms with Gasteiger partial charge in [-0.2, -0.15) is 0 Å². The van der Waals surface area contributed by atoms with Crippen LogP contribution in [0.25, 0.3) is 0 Å². The van der Waals surface area contributed by atoms with Crippen LogP contribution in [0.15, 0.2) is 24.3 Å². The minimum absolute atomic E-state index is 0.381. The summed E-state index contributed by atoms with van der Waals surface area (Å²) >= 11 is 0. The van der Waals surface area contributed by atoms with E-state index in [0.717, 1.165) is 31.0 Å². The lowest BCUT2D eigenvalue weighted by Gasteiger charge is -2.51. The highest BCUT2D eigenvalue weighted by molar-refractivity contribution is 5.35. The first-order valence-corrected chi connectivity index (χ1v) is 14.1. The summed E-state index contributed by atoms with van der Waals surface area (Å²) in [6.45, 7) is 6.51. The fourth-order valence-corrected chi connectivity index (χ4v) is 8.22. The standard InChI is InChI=1S/C30H46O2/c1-3-9-21(10-4-2)24-19-31-27-17-15-22-11-5-7-13-25(22)29(27)30-26-14-8-6-12-23(26)16-18-28(30)32-20-24/h5,7,11,13,21,23-24,26-30H,3-4,6,8-10,12,14-20H2,1-2H3. The molecule has 0 aromatic heterocycles. The van der Waals surface area contributed by atoms with Crippen molar-refractivity contribution in [2.75, 3.05) is 13.2 Å². The van der Waals surface area contributed by atoms with Gasteiger partial charge in [0.2, 0.25) is 0 Å². The Balaban J connectivity index is 1.49. The molecule has 2 heteroatoms. The Kier molecular flexibility index (Phi) is 7.59. The highest BCUT2D eigenvalue weighted by Gasteiger charge is 2.49. The zero-order valence-electron chi connectivity index (χ0n) is 20.6. The summed E-state index contributed by atoms with van der Waals surface area (Å²) in [6.07, 6.45) is 16.8. The first-order valence-electron chi connectivity index (χ1n) is 14.1. The van der Waals surface area contributed by atoms with Crippen molar-refractivity contribution in [2.24, 2.45) is 29.6 Å². The van der Waals surface area contributed by atoms with Crippen LogP contribution in [-0.4, -0.2) is 25.4 Å². The summed E-state index contributed by atoms with van der Waals surface area (Å²) in [4.78, 5) is 0.